The van der Waals surface area contributed by atoms with Crippen LogP contribution in [0.15, 0.2) is 48.7 Å². The van der Waals surface area contributed by atoms with Crippen molar-refractivity contribution in [3.05, 3.63) is 76.7 Å². The van der Waals surface area contributed by atoms with E-state index in [0.717, 1.165) is 21.4 Å². The maximum Gasteiger partial charge on any atom is 0.493 e. The first-order valence-electron chi connectivity index (χ1n) is 9.89. The molecule has 0 unspecified atom stereocenters. The highest BCUT2D eigenvalue weighted by atomic mass is 19.4. The molecule has 2 aromatic heterocycles. The number of nitrogens with one attached hydrogen (secondary N) is 1. The van der Waals surface area contributed by atoms with Crippen molar-refractivity contribution in [2.24, 2.45) is 0 Å². The Labute approximate surface area is 180 Å². The van der Waals surface area contributed by atoms with Crippen LogP contribution in [-0.2, 0) is 17.6 Å². The maximum absolute atomic E-state index is 12.9. The molecule has 1 N–H and O–H groups in total. The highest BCUT2D eigenvalue weighted by Gasteiger charge is 2.43. The number of carbonyl (C=O) groups excluding carboxylic acids is 2. The fraction of sp³-hybridized carbons (Fsp3) is 0.174. The number of aromatic nitrogens is 2. The molecule has 32 heavy (non-hydrogen) atoms. The summed E-state index contributed by atoms with van der Waals surface area (Å²) in [5, 5.41) is 2.64. The molecule has 1 amide bonds. The summed E-state index contributed by atoms with van der Waals surface area (Å²) in [6, 6.07) is 12.7. The van der Waals surface area contributed by atoms with Crippen LogP contribution in [0.1, 0.15) is 32.9 Å². The zero-order chi connectivity index (χ0) is 22.5. The first-order valence-corrected chi connectivity index (χ1v) is 9.89. The monoisotopic (exact) mass is 439 g/mol. The van der Waals surface area contributed by atoms with Crippen molar-refractivity contribution in [3.8, 4) is 11.3 Å². The number of allylic oxidation sites excluding steroid dienone is 1. The number of rotatable bonds is 3. The van der Waals surface area contributed by atoms with Crippen LogP contribution in [0.25, 0.3) is 22.9 Å². The number of alkyl halides is 3. The predicted octanol–water partition coefficient (Wildman–Crippen LogP) is 3.45. The summed E-state index contributed by atoms with van der Waals surface area (Å²) < 4.78 is 39.5. The van der Waals surface area contributed by atoms with Gasteiger partial charge in [0.2, 0.25) is 0 Å². The Hall–Kier alpha value is -3.88. The van der Waals surface area contributed by atoms with Gasteiger partial charge in [0, 0.05) is 31.1 Å². The van der Waals surface area contributed by atoms with Gasteiger partial charge < -0.3 is 10.2 Å². The number of carbonyl (C=O) groups is 2. The molecule has 1 aromatic carbocycles. The van der Waals surface area contributed by atoms with E-state index >= 15 is 0 Å². The van der Waals surface area contributed by atoms with E-state index in [9.17, 15) is 22.8 Å². The van der Waals surface area contributed by atoms with Crippen LogP contribution in [0.5, 0.6) is 0 Å². The topological polar surface area (TPSA) is 73.2 Å². The lowest BCUT2D eigenvalue weighted by atomic mass is 10.1. The van der Waals surface area contributed by atoms with Crippen LogP contribution < -0.4 is 10.2 Å². The van der Waals surface area contributed by atoms with E-state index in [-0.39, 0.29) is 29.9 Å². The number of halogens is 3. The minimum absolute atomic E-state index is 0.171. The molecule has 1 aliphatic heterocycles. The third-order valence-corrected chi connectivity index (χ3v) is 5.50. The minimum atomic E-state index is -5.17. The molecule has 0 spiro atoms. The molecule has 3 heterocycles. The maximum atomic E-state index is 12.9. The first kappa shape index (κ1) is 20.0. The lowest BCUT2D eigenvalue weighted by Crippen LogP contribution is -2.37. The molecule has 2 aliphatic rings. The third-order valence-electron chi connectivity index (χ3n) is 5.50. The molecule has 0 saturated heterocycles. The van der Waals surface area contributed by atoms with Gasteiger partial charge in [0.05, 0.1) is 22.6 Å². The van der Waals surface area contributed by atoms with Gasteiger partial charge in [-0.25, -0.2) is 4.79 Å². The number of fused-ring (bicyclic) bond motifs is 2. The zero-order valence-corrected chi connectivity index (χ0v) is 16.6. The Balaban J connectivity index is 1.57. The second-order valence-corrected chi connectivity index (χ2v) is 7.54. The average Bonchev–Trinajstić information content (AvgIpc) is 3.36. The molecule has 0 atom stereocenters. The summed E-state index contributed by atoms with van der Waals surface area (Å²) in [7, 11) is 0. The summed E-state index contributed by atoms with van der Waals surface area (Å²) in [6.45, 7) is 0.228. The van der Waals surface area contributed by atoms with Gasteiger partial charge in [-0.15, -0.1) is 0 Å². The van der Waals surface area contributed by atoms with Gasteiger partial charge in [0.15, 0.2) is 0 Å². The lowest BCUT2D eigenvalue weighted by molar-refractivity contribution is -0.199. The highest BCUT2D eigenvalue weighted by molar-refractivity contribution is 5.98. The largest absolute Gasteiger partial charge is 0.493 e. The molecule has 9 heteroatoms. The molecular weight excluding hydrogens is 423 g/mol. The van der Waals surface area contributed by atoms with Crippen molar-refractivity contribution in [1.82, 2.24) is 15.0 Å². The van der Waals surface area contributed by atoms with Crippen molar-refractivity contribution >= 4 is 23.5 Å². The molecule has 0 bridgehead atoms. The van der Waals surface area contributed by atoms with Gasteiger partial charge in [-0.2, -0.15) is 17.9 Å². The summed E-state index contributed by atoms with van der Waals surface area (Å²) in [6.07, 6.45) is -0.714. The predicted molar refractivity (Wildman–Crippen MR) is 109 cm³/mol. The van der Waals surface area contributed by atoms with Gasteiger partial charge in [0.1, 0.15) is 0 Å². The lowest BCUT2D eigenvalue weighted by Gasteiger charge is -2.17. The Bertz CT molecular complexity index is 1290. The van der Waals surface area contributed by atoms with Crippen molar-refractivity contribution in [3.63, 3.8) is 0 Å². The van der Waals surface area contributed by atoms with Crippen molar-refractivity contribution in [2.45, 2.75) is 19.0 Å². The quantitative estimate of drug-likeness (QED) is 0.679. The van der Waals surface area contributed by atoms with Crippen LogP contribution >= 0.6 is 0 Å². The Kier molecular flexibility index (Phi) is 4.61. The average molecular weight is 439 g/mol. The van der Waals surface area contributed by atoms with E-state index in [1.165, 1.54) is 12.3 Å². The van der Waals surface area contributed by atoms with E-state index in [1.807, 2.05) is 30.3 Å². The summed E-state index contributed by atoms with van der Waals surface area (Å²) in [5.74, 6) is -2.79. The van der Waals surface area contributed by atoms with Gasteiger partial charge in [-0.1, -0.05) is 24.3 Å². The number of hydrogen-bond acceptors (Lipinski definition) is 4. The zero-order valence-electron chi connectivity index (χ0n) is 16.6. The van der Waals surface area contributed by atoms with E-state index in [0.29, 0.717) is 17.7 Å². The Morgan fingerprint density at radius 1 is 1.16 bits per heavy atom. The minimum Gasteiger partial charge on any atom is -0.352 e. The molecule has 162 valence electrons. The molecule has 0 fully saturated rings. The molecule has 0 radical (unpaired) electrons. The molecule has 1 aliphatic carbocycles. The number of benzene rings is 1. The molecular formula is C23H16F3N3O3. The second-order valence-electron chi connectivity index (χ2n) is 7.54. The van der Waals surface area contributed by atoms with Crippen molar-refractivity contribution < 1.29 is 27.6 Å². The number of pyridine rings is 1. The number of nitrogens with zero attached hydrogens (tertiary/aromatic N) is 2. The second kappa shape index (κ2) is 7.37. The standard InChI is InChI=1S/C23H16F3N3O3/c24-23(25,26)22(31)32-29-19-6-8-28-21(30)17(19)12-20(29)15-5-7-27-18(11-15)16-9-13-3-1-2-4-14(13)10-16/h1-5,7,9,11-12H,6,8,10H2,(H,28,30). The van der Waals surface area contributed by atoms with Crippen LogP contribution in [0.3, 0.4) is 0 Å². The summed E-state index contributed by atoms with van der Waals surface area (Å²) in [4.78, 5) is 33.0. The number of hydrogen-bond donors (Lipinski definition) is 1. The van der Waals surface area contributed by atoms with Crippen LogP contribution in [0.4, 0.5) is 13.2 Å². The fourth-order valence-corrected chi connectivity index (χ4v) is 4.01. The van der Waals surface area contributed by atoms with E-state index in [2.05, 4.69) is 10.3 Å². The molecule has 5 rings (SSSR count). The summed E-state index contributed by atoms with van der Waals surface area (Å²) >= 11 is 0. The van der Waals surface area contributed by atoms with Crippen LogP contribution in [0.2, 0.25) is 0 Å². The number of amides is 1. The SMILES string of the molecule is O=C1NCCc2c1cc(-c1ccnc(C3=Cc4ccccc4C3)c1)n2OC(=O)C(F)(F)F. The van der Waals surface area contributed by atoms with E-state index < -0.39 is 18.1 Å². The molecule has 0 saturated carbocycles. The molecule has 3 aromatic rings. The van der Waals surface area contributed by atoms with Crippen LogP contribution in [0, 0.1) is 0 Å². The van der Waals surface area contributed by atoms with Crippen molar-refractivity contribution in [1.29, 1.82) is 0 Å². The van der Waals surface area contributed by atoms with Gasteiger partial charge in [0.25, 0.3) is 5.91 Å². The van der Waals surface area contributed by atoms with Gasteiger partial charge in [-0.05, 0) is 41.0 Å². The fourth-order valence-electron chi connectivity index (χ4n) is 4.01. The first-order chi connectivity index (χ1) is 15.3. The van der Waals surface area contributed by atoms with Crippen LogP contribution in [-0.4, -0.2) is 34.3 Å². The van der Waals surface area contributed by atoms with E-state index in [1.54, 1.807) is 12.1 Å². The smallest absolute Gasteiger partial charge is 0.352 e. The Morgan fingerprint density at radius 2 is 1.97 bits per heavy atom. The van der Waals surface area contributed by atoms with Crippen molar-refractivity contribution in [2.75, 3.05) is 6.54 Å². The van der Waals surface area contributed by atoms with E-state index in [4.69, 9.17) is 4.84 Å². The normalized spacial score (nSPS) is 15.0. The highest BCUT2D eigenvalue weighted by Crippen LogP contribution is 2.33. The molecule has 6 nitrogen and oxygen atoms in total. The van der Waals surface area contributed by atoms with Gasteiger partial charge in [-0.3, -0.25) is 9.78 Å². The summed E-state index contributed by atoms with van der Waals surface area (Å²) in [5.41, 5.74) is 4.89. The Morgan fingerprint density at radius 3 is 2.75 bits per heavy atom. The third kappa shape index (κ3) is 3.45. The van der Waals surface area contributed by atoms with Gasteiger partial charge >= 0.3 is 12.1 Å².